The van der Waals surface area contributed by atoms with E-state index in [-0.39, 0.29) is 23.9 Å². The molecule has 0 saturated carbocycles. The Labute approximate surface area is 186 Å². The molecular formula is C21H26BrN3O4S. The molecule has 162 valence electrons. The average molecular weight is 496 g/mol. The molecule has 1 atom stereocenters. The van der Waals surface area contributed by atoms with Gasteiger partial charge in [-0.1, -0.05) is 45.8 Å². The van der Waals surface area contributed by atoms with Crippen LogP contribution in [0.25, 0.3) is 0 Å². The molecule has 0 fully saturated rings. The Morgan fingerprint density at radius 1 is 1.07 bits per heavy atom. The number of likely N-dealkylation sites (N-methyl/N-ethyl adjacent to an activating group) is 2. The molecule has 0 aliphatic heterocycles. The van der Waals surface area contributed by atoms with Crippen LogP contribution >= 0.6 is 15.9 Å². The van der Waals surface area contributed by atoms with Gasteiger partial charge in [0.05, 0.1) is 11.4 Å². The van der Waals surface area contributed by atoms with Crippen LogP contribution in [0.3, 0.4) is 0 Å². The van der Waals surface area contributed by atoms with Gasteiger partial charge in [-0.05, 0) is 43.7 Å². The minimum absolute atomic E-state index is 0.113. The molecule has 30 heavy (non-hydrogen) atoms. The first-order chi connectivity index (χ1) is 14.1. The molecule has 2 amide bonds. The smallest absolute Gasteiger partial charge is 0.243 e. The van der Waals surface area contributed by atoms with Crippen LogP contribution in [-0.2, 0) is 26.2 Å². The van der Waals surface area contributed by atoms with Gasteiger partial charge in [-0.3, -0.25) is 9.59 Å². The van der Waals surface area contributed by atoms with Crippen LogP contribution in [0.4, 0.5) is 0 Å². The fourth-order valence-corrected chi connectivity index (χ4v) is 4.22. The molecule has 0 saturated heterocycles. The van der Waals surface area contributed by atoms with E-state index in [1.54, 1.807) is 19.1 Å². The second-order valence-corrected chi connectivity index (χ2v) is 9.97. The lowest BCUT2D eigenvalue weighted by Crippen LogP contribution is -2.50. The molecule has 1 unspecified atom stereocenters. The monoisotopic (exact) mass is 495 g/mol. The van der Waals surface area contributed by atoms with Gasteiger partial charge in [0.15, 0.2) is 0 Å². The van der Waals surface area contributed by atoms with Crippen molar-refractivity contribution in [3.05, 3.63) is 64.1 Å². The van der Waals surface area contributed by atoms with Gasteiger partial charge in [0.2, 0.25) is 21.8 Å². The topological polar surface area (TPSA) is 86.8 Å². The van der Waals surface area contributed by atoms with E-state index in [0.29, 0.717) is 0 Å². The Morgan fingerprint density at radius 3 is 2.17 bits per heavy atom. The molecule has 2 aromatic carbocycles. The molecule has 1 N–H and O–H groups in total. The van der Waals surface area contributed by atoms with E-state index in [1.165, 1.54) is 31.1 Å². The number of halogens is 1. The standard InChI is InChI=1S/C21H26BrN3O4S/c1-15-5-11-19(12-6-15)30(28,29)24(4)14-20(26)25(16(2)21(27)23-3)13-17-7-9-18(22)10-8-17/h5-12,16H,13-14H2,1-4H3,(H,23,27). The Morgan fingerprint density at radius 2 is 1.63 bits per heavy atom. The summed E-state index contributed by atoms with van der Waals surface area (Å²) in [5.41, 5.74) is 1.76. The first kappa shape index (κ1) is 24.0. The van der Waals surface area contributed by atoms with Crippen LogP contribution in [0.2, 0.25) is 0 Å². The van der Waals surface area contributed by atoms with Crippen molar-refractivity contribution in [1.82, 2.24) is 14.5 Å². The maximum Gasteiger partial charge on any atom is 0.243 e. The van der Waals surface area contributed by atoms with Gasteiger partial charge < -0.3 is 10.2 Å². The predicted octanol–water partition coefficient (Wildman–Crippen LogP) is 2.54. The number of nitrogens with one attached hydrogen (secondary N) is 1. The third kappa shape index (κ3) is 5.90. The van der Waals surface area contributed by atoms with E-state index >= 15 is 0 Å². The number of carbonyl (C=O) groups is 2. The van der Waals surface area contributed by atoms with Crippen molar-refractivity contribution < 1.29 is 18.0 Å². The fraction of sp³-hybridized carbons (Fsp3) is 0.333. The van der Waals surface area contributed by atoms with Crippen LogP contribution in [0.5, 0.6) is 0 Å². The summed E-state index contributed by atoms with van der Waals surface area (Å²) in [4.78, 5) is 26.7. The van der Waals surface area contributed by atoms with Gasteiger partial charge in [-0.25, -0.2) is 8.42 Å². The normalized spacial score (nSPS) is 12.5. The number of hydrogen-bond acceptors (Lipinski definition) is 4. The predicted molar refractivity (Wildman–Crippen MR) is 119 cm³/mol. The highest BCUT2D eigenvalue weighted by Crippen LogP contribution is 2.17. The first-order valence-corrected chi connectivity index (χ1v) is 11.6. The van der Waals surface area contributed by atoms with Gasteiger partial charge in [0.25, 0.3) is 0 Å². The molecule has 7 nitrogen and oxygen atoms in total. The van der Waals surface area contributed by atoms with Gasteiger partial charge in [0.1, 0.15) is 6.04 Å². The zero-order chi connectivity index (χ0) is 22.5. The largest absolute Gasteiger partial charge is 0.357 e. The second kappa shape index (κ2) is 10.2. The maximum atomic E-state index is 13.0. The van der Waals surface area contributed by atoms with E-state index in [4.69, 9.17) is 0 Å². The number of amides is 2. The molecule has 0 aliphatic carbocycles. The van der Waals surface area contributed by atoms with Crippen molar-refractivity contribution in [2.24, 2.45) is 0 Å². The molecule has 0 bridgehead atoms. The quantitative estimate of drug-likeness (QED) is 0.609. The van der Waals surface area contributed by atoms with Crippen LogP contribution in [0.1, 0.15) is 18.1 Å². The second-order valence-electron chi connectivity index (χ2n) is 7.01. The van der Waals surface area contributed by atoms with Gasteiger partial charge in [-0.15, -0.1) is 0 Å². The minimum atomic E-state index is -3.84. The number of sulfonamides is 1. The number of hydrogen-bond donors (Lipinski definition) is 1. The third-order valence-corrected chi connectivity index (χ3v) is 7.11. The van der Waals surface area contributed by atoms with Crippen LogP contribution in [0.15, 0.2) is 57.9 Å². The highest BCUT2D eigenvalue weighted by atomic mass is 79.9. The molecule has 2 aromatic rings. The van der Waals surface area contributed by atoms with Crippen LogP contribution in [0, 0.1) is 6.92 Å². The molecule has 0 spiro atoms. The molecule has 0 radical (unpaired) electrons. The van der Waals surface area contributed by atoms with Crippen molar-refractivity contribution in [3.8, 4) is 0 Å². The zero-order valence-electron chi connectivity index (χ0n) is 17.4. The van der Waals surface area contributed by atoms with Crippen molar-refractivity contribution in [3.63, 3.8) is 0 Å². The summed E-state index contributed by atoms with van der Waals surface area (Å²) in [6.45, 7) is 3.28. The van der Waals surface area contributed by atoms with Gasteiger partial charge in [-0.2, -0.15) is 4.31 Å². The summed E-state index contributed by atoms with van der Waals surface area (Å²) in [6, 6.07) is 13.0. The molecule has 0 aromatic heterocycles. The highest BCUT2D eigenvalue weighted by molar-refractivity contribution is 9.10. The van der Waals surface area contributed by atoms with Crippen molar-refractivity contribution in [2.45, 2.75) is 31.3 Å². The maximum absolute atomic E-state index is 13.0. The Hall–Kier alpha value is -2.23. The fourth-order valence-electron chi connectivity index (χ4n) is 2.83. The summed E-state index contributed by atoms with van der Waals surface area (Å²) < 4.78 is 27.6. The number of aryl methyl sites for hydroxylation is 1. The molecular weight excluding hydrogens is 470 g/mol. The summed E-state index contributed by atoms with van der Waals surface area (Å²) >= 11 is 3.37. The van der Waals surface area contributed by atoms with E-state index < -0.39 is 22.0 Å². The zero-order valence-corrected chi connectivity index (χ0v) is 19.8. The van der Waals surface area contributed by atoms with Gasteiger partial charge >= 0.3 is 0 Å². The molecule has 0 aliphatic rings. The van der Waals surface area contributed by atoms with Crippen LogP contribution < -0.4 is 5.32 Å². The highest BCUT2D eigenvalue weighted by Gasteiger charge is 2.29. The lowest BCUT2D eigenvalue weighted by Gasteiger charge is -2.30. The van der Waals surface area contributed by atoms with Crippen LogP contribution in [-0.4, -0.2) is 56.1 Å². The molecule has 9 heteroatoms. The number of benzene rings is 2. The average Bonchev–Trinajstić information content (AvgIpc) is 2.72. The summed E-state index contributed by atoms with van der Waals surface area (Å²) in [5.74, 6) is -0.795. The lowest BCUT2D eigenvalue weighted by molar-refractivity contribution is -0.140. The SMILES string of the molecule is CNC(=O)C(C)N(Cc1ccc(Br)cc1)C(=O)CN(C)S(=O)(=O)c1ccc(C)cc1. The number of nitrogens with zero attached hydrogens (tertiary/aromatic N) is 2. The van der Waals surface area contributed by atoms with E-state index in [9.17, 15) is 18.0 Å². The summed E-state index contributed by atoms with van der Waals surface area (Å²) in [6.07, 6.45) is 0. The van der Waals surface area contributed by atoms with Gasteiger partial charge in [0, 0.05) is 25.1 Å². The Bertz CT molecular complexity index is 992. The third-order valence-electron chi connectivity index (χ3n) is 4.77. The number of rotatable bonds is 8. The molecule has 0 heterocycles. The Balaban J connectivity index is 2.24. The van der Waals surface area contributed by atoms with Crippen molar-refractivity contribution in [1.29, 1.82) is 0 Å². The van der Waals surface area contributed by atoms with E-state index in [1.807, 2.05) is 31.2 Å². The van der Waals surface area contributed by atoms with E-state index in [0.717, 1.165) is 19.9 Å². The number of carbonyl (C=O) groups excluding carboxylic acids is 2. The summed E-state index contributed by atoms with van der Waals surface area (Å²) in [7, 11) is -0.983. The first-order valence-electron chi connectivity index (χ1n) is 9.34. The van der Waals surface area contributed by atoms with Crippen molar-refractivity contribution in [2.75, 3.05) is 20.6 Å². The Kier molecular flexibility index (Phi) is 8.17. The molecule has 2 rings (SSSR count). The summed E-state index contributed by atoms with van der Waals surface area (Å²) in [5, 5.41) is 2.54. The van der Waals surface area contributed by atoms with Crippen molar-refractivity contribution >= 4 is 37.8 Å². The minimum Gasteiger partial charge on any atom is -0.357 e. The van der Waals surface area contributed by atoms with E-state index in [2.05, 4.69) is 21.2 Å². The lowest BCUT2D eigenvalue weighted by atomic mass is 10.1.